The van der Waals surface area contributed by atoms with Gasteiger partial charge in [-0.15, -0.1) is 0 Å². The van der Waals surface area contributed by atoms with Crippen molar-refractivity contribution in [3.63, 3.8) is 0 Å². The molecule has 2 aromatic heterocycles. The highest BCUT2D eigenvalue weighted by Crippen LogP contribution is 2.33. The van der Waals surface area contributed by atoms with E-state index in [4.69, 9.17) is 13.9 Å². The Morgan fingerprint density at radius 1 is 1.09 bits per heavy atom. The smallest absolute Gasteiger partial charge is 0.416 e. The number of nitrogens with zero attached hydrogens (tertiary/aromatic N) is 2. The van der Waals surface area contributed by atoms with Gasteiger partial charge in [0.25, 0.3) is 0 Å². The van der Waals surface area contributed by atoms with Gasteiger partial charge in [0.2, 0.25) is 11.9 Å². The second kappa shape index (κ2) is 9.50. The molecule has 0 aliphatic heterocycles. The molecule has 0 saturated carbocycles. The summed E-state index contributed by atoms with van der Waals surface area (Å²) in [6.45, 7) is 0.195. The number of rotatable bonds is 8. The molecule has 0 aliphatic carbocycles. The summed E-state index contributed by atoms with van der Waals surface area (Å²) in [4.78, 5) is 17.0. The number of hydrogen-bond donors (Lipinski definition) is 1. The number of carbonyl (C=O) groups is 1. The van der Waals surface area contributed by atoms with Crippen LogP contribution in [0.25, 0.3) is 11.0 Å². The normalized spacial score (nSPS) is 11.6. The van der Waals surface area contributed by atoms with Crippen molar-refractivity contribution in [2.24, 2.45) is 0 Å². The molecule has 0 unspecified atom stereocenters. The van der Waals surface area contributed by atoms with Crippen LogP contribution in [0.1, 0.15) is 23.3 Å². The maximum atomic E-state index is 13.2. The Kier molecular flexibility index (Phi) is 6.49. The summed E-state index contributed by atoms with van der Waals surface area (Å²) in [5.74, 6) is 1.52. The van der Waals surface area contributed by atoms with E-state index in [1.165, 1.54) is 26.5 Å². The van der Waals surface area contributed by atoms with Crippen molar-refractivity contribution >= 4 is 22.9 Å². The number of carbonyl (C=O) groups excluding carboxylic acids is 1. The van der Waals surface area contributed by atoms with Gasteiger partial charge >= 0.3 is 6.18 Å². The largest absolute Gasteiger partial charge is 0.493 e. The molecule has 7 nitrogen and oxygen atoms in total. The van der Waals surface area contributed by atoms with Crippen molar-refractivity contribution in [3.8, 4) is 11.5 Å². The zero-order valence-electron chi connectivity index (χ0n) is 18.5. The molecule has 0 aliphatic rings. The monoisotopic (exact) mass is 473 g/mol. The van der Waals surface area contributed by atoms with Gasteiger partial charge in [0, 0.05) is 6.42 Å². The summed E-state index contributed by atoms with van der Waals surface area (Å²) in [6, 6.07) is 12.1. The lowest BCUT2D eigenvalue weighted by molar-refractivity contribution is -0.137. The molecule has 0 fully saturated rings. The van der Waals surface area contributed by atoms with Gasteiger partial charge in [-0.3, -0.25) is 10.1 Å². The number of aryl methyl sites for hydroxylation is 1. The van der Waals surface area contributed by atoms with Gasteiger partial charge in [0.05, 0.1) is 43.6 Å². The maximum Gasteiger partial charge on any atom is 0.416 e. The first-order chi connectivity index (χ1) is 16.3. The van der Waals surface area contributed by atoms with Crippen LogP contribution in [0.4, 0.5) is 19.1 Å². The summed E-state index contributed by atoms with van der Waals surface area (Å²) in [5, 5.41) is 2.73. The number of alkyl halides is 3. The van der Waals surface area contributed by atoms with E-state index in [1.54, 1.807) is 28.8 Å². The number of nitrogens with one attached hydrogen (secondary N) is 1. The topological polar surface area (TPSA) is 78.5 Å². The van der Waals surface area contributed by atoms with E-state index in [-0.39, 0.29) is 30.3 Å². The Morgan fingerprint density at radius 2 is 1.88 bits per heavy atom. The number of ether oxygens (including phenoxy) is 2. The third-order valence-corrected chi connectivity index (χ3v) is 5.31. The molecule has 4 aromatic rings. The van der Waals surface area contributed by atoms with Crippen molar-refractivity contribution in [1.29, 1.82) is 0 Å². The van der Waals surface area contributed by atoms with E-state index >= 15 is 0 Å². The number of benzene rings is 2. The average molecular weight is 473 g/mol. The number of furan rings is 1. The predicted octanol–water partition coefficient (Wildman–Crippen LogP) is 5.28. The first-order valence-corrected chi connectivity index (χ1v) is 10.4. The molecule has 1 amide bonds. The highest BCUT2D eigenvalue weighted by molar-refractivity contribution is 5.91. The summed E-state index contributed by atoms with van der Waals surface area (Å²) in [6.07, 6.45) is -2.45. The Morgan fingerprint density at radius 3 is 2.56 bits per heavy atom. The second-order valence-electron chi connectivity index (χ2n) is 7.54. The number of aromatic nitrogens is 2. The molecule has 0 spiro atoms. The van der Waals surface area contributed by atoms with Crippen molar-refractivity contribution in [1.82, 2.24) is 9.55 Å². The van der Waals surface area contributed by atoms with Crippen molar-refractivity contribution in [3.05, 3.63) is 71.7 Å². The fourth-order valence-corrected chi connectivity index (χ4v) is 3.60. The SMILES string of the molecule is COc1ccc(CCC(=O)Nc2nc3cc(C(F)(F)F)ccc3n2Cc2ccco2)cc1OC. The highest BCUT2D eigenvalue weighted by atomic mass is 19.4. The van der Waals surface area contributed by atoms with E-state index < -0.39 is 11.7 Å². The lowest BCUT2D eigenvalue weighted by Crippen LogP contribution is -2.16. The molecule has 0 radical (unpaired) electrons. The molecule has 178 valence electrons. The quantitative estimate of drug-likeness (QED) is 0.377. The van der Waals surface area contributed by atoms with Crippen LogP contribution in [0.5, 0.6) is 11.5 Å². The number of anilines is 1. The zero-order valence-corrected chi connectivity index (χ0v) is 18.5. The van der Waals surface area contributed by atoms with Crippen LogP contribution in [0.15, 0.2) is 59.2 Å². The van der Waals surface area contributed by atoms with Gasteiger partial charge in [-0.1, -0.05) is 6.07 Å². The van der Waals surface area contributed by atoms with Gasteiger partial charge in [-0.2, -0.15) is 13.2 Å². The number of amides is 1. The van der Waals surface area contributed by atoms with Crippen LogP contribution in [-0.2, 0) is 23.9 Å². The first-order valence-electron chi connectivity index (χ1n) is 10.4. The molecule has 4 rings (SSSR count). The minimum absolute atomic E-state index is 0.122. The molecule has 10 heteroatoms. The van der Waals surface area contributed by atoms with E-state index in [1.807, 2.05) is 6.07 Å². The van der Waals surface area contributed by atoms with Crippen LogP contribution in [0.3, 0.4) is 0 Å². The number of imidazole rings is 1. The summed E-state index contributed by atoms with van der Waals surface area (Å²) in [5.41, 5.74) is 0.622. The van der Waals surface area contributed by atoms with Crippen molar-refractivity contribution in [2.75, 3.05) is 19.5 Å². The minimum atomic E-state index is -4.50. The minimum Gasteiger partial charge on any atom is -0.493 e. The van der Waals surface area contributed by atoms with Gasteiger partial charge in [-0.25, -0.2) is 4.98 Å². The molecule has 2 aromatic carbocycles. The number of hydrogen-bond acceptors (Lipinski definition) is 5. The summed E-state index contributed by atoms with van der Waals surface area (Å²) < 4.78 is 57.0. The van der Waals surface area contributed by atoms with Crippen molar-refractivity contribution < 1.29 is 31.9 Å². The van der Waals surface area contributed by atoms with Crippen molar-refractivity contribution in [2.45, 2.75) is 25.6 Å². The maximum absolute atomic E-state index is 13.2. The van der Waals surface area contributed by atoms with Crippen LogP contribution < -0.4 is 14.8 Å². The molecule has 0 atom stereocenters. The lowest BCUT2D eigenvalue weighted by Gasteiger charge is -2.11. The van der Waals surface area contributed by atoms with E-state index in [0.29, 0.717) is 29.2 Å². The molecule has 2 heterocycles. The molecular formula is C24H22F3N3O4. The standard InChI is InChI=1S/C24H22F3N3O4/c1-32-20-9-5-15(12-21(20)33-2)6-10-22(31)29-23-28-18-13-16(24(25,26)27)7-8-19(18)30(23)14-17-4-3-11-34-17/h3-5,7-9,11-13H,6,10,14H2,1-2H3,(H,28,29,31). The molecule has 34 heavy (non-hydrogen) atoms. The van der Waals surface area contributed by atoms with Crippen LogP contribution in [0, 0.1) is 0 Å². The number of halogens is 3. The Hall–Kier alpha value is -3.95. The zero-order chi connectivity index (χ0) is 24.3. The second-order valence-corrected chi connectivity index (χ2v) is 7.54. The molecule has 1 N–H and O–H groups in total. The fraction of sp³-hybridized carbons (Fsp3) is 0.250. The van der Waals surface area contributed by atoms with E-state index in [9.17, 15) is 18.0 Å². The lowest BCUT2D eigenvalue weighted by atomic mass is 10.1. The van der Waals surface area contributed by atoms with Gasteiger partial charge in [0.1, 0.15) is 5.76 Å². The number of fused-ring (bicyclic) bond motifs is 1. The van der Waals surface area contributed by atoms with Crippen LogP contribution >= 0.6 is 0 Å². The Labute approximate surface area is 193 Å². The summed E-state index contributed by atoms with van der Waals surface area (Å²) in [7, 11) is 3.07. The fourth-order valence-electron chi connectivity index (χ4n) is 3.60. The van der Waals surface area contributed by atoms with Gasteiger partial charge < -0.3 is 18.5 Å². The average Bonchev–Trinajstić information content (AvgIpc) is 3.45. The number of methoxy groups -OCH3 is 2. The Bertz CT molecular complexity index is 1300. The first kappa shape index (κ1) is 23.2. The van der Waals surface area contributed by atoms with Crippen LogP contribution in [0.2, 0.25) is 0 Å². The predicted molar refractivity (Wildman–Crippen MR) is 119 cm³/mol. The van der Waals surface area contributed by atoms with E-state index in [0.717, 1.165) is 17.7 Å². The molecule has 0 saturated heterocycles. The van der Waals surface area contributed by atoms with Gasteiger partial charge in [0.15, 0.2) is 11.5 Å². The molecular weight excluding hydrogens is 451 g/mol. The van der Waals surface area contributed by atoms with Gasteiger partial charge in [-0.05, 0) is 54.4 Å². The molecule has 0 bridgehead atoms. The summed E-state index contributed by atoms with van der Waals surface area (Å²) >= 11 is 0. The third kappa shape index (κ3) is 5.00. The Balaban J connectivity index is 1.56. The third-order valence-electron chi connectivity index (χ3n) is 5.31. The van der Waals surface area contributed by atoms with Crippen LogP contribution in [-0.4, -0.2) is 29.7 Å². The highest BCUT2D eigenvalue weighted by Gasteiger charge is 2.31. The van der Waals surface area contributed by atoms with E-state index in [2.05, 4.69) is 10.3 Å².